The molecular weight excluding hydrogens is 402 g/mol. The highest BCUT2D eigenvalue weighted by atomic mass is 32.2. The average molecular weight is 430 g/mol. The lowest BCUT2D eigenvalue weighted by Crippen LogP contribution is -2.35. The number of fused-ring (bicyclic) bond motifs is 1. The van der Waals surface area contributed by atoms with Crippen molar-refractivity contribution in [3.63, 3.8) is 0 Å². The van der Waals surface area contributed by atoms with Gasteiger partial charge in [0, 0.05) is 37.8 Å². The van der Waals surface area contributed by atoms with Crippen LogP contribution in [0.15, 0.2) is 35.2 Å². The third-order valence-electron chi connectivity index (χ3n) is 5.24. The minimum Gasteiger partial charge on any atom is -0.338 e. The molecule has 0 fully saturated rings. The van der Waals surface area contributed by atoms with E-state index < -0.39 is 10.0 Å². The first-order valence-electron chi connectivity index (χ1n) is 9.92. The second-order valence-corrected chi connectivity index (χ2v) is 9.30. The van der Waals surface area contributed by atoms with Crippen LogP contribution in [0.3, 0.4) is 0 Å². The predicted molar refractivity (Wildman–Crippen MR) is 117 cm³/mol. The smallest absolute Gasteiger partial charge is 0.261 e. The van der Waals surface area contributed by atoms with Gasteiger partial charge >= 0.3 is 0 Å². The highest BCUT2D eigenvalue weighted by molar-refractivity contribution is 7.92. The molecule has 2 N–H and O–H groups in total. The molecule has 0 atom stereocenters. The van der Waals surface area contributed by atoms with Crippen LogP contribution in [0.4, 0.5) is 11.4 Å². The number of benzene rings is 2. The van der Waals surface area contributed by atoms with Crippen LogP contribution in [0.5, 0.6) is 0 Å². The Bertz CT molecular complexity index is 1090. The van der Waals surface area contributed by atoms with Crippen LogP contribution in [0.2, 0.25) is 0 Å². The van der Waals surface area contributed by atoms with Crippen LogP contribution in [0.25, 0.3) is 0 Å². The zero-order chi connectivity index (χ0) is 22.1. The van der Waals surface area contributed by atoms with Crippen molar-refractivity contribution < 1.29 is 18.0 Å². The van der Waals surface area contributed by atoms with Crippen LogP contribution >= 0.6 is 0 Å². The Balaban J connectivity index is 1.86. The van der Waals surface area contributed by atoms with E-state index in [9.17, 15) is 18.0 Å². The van der Waals surface area contributed by atoms with Crippen molar-refractivity contribution >= 4 is 33.2 Å². The molecule has 0 aromatic heterocycles. The first-order valence-corrected chi connectivity index (χ1v) is 11.4. The predicted octanol–water partition coefficient (Wildman–Crippen LogP) is 3.36. The molecule has 1 aliphatic heterocycles. The van der Waals surface area contributed by atoms with Crippen LogP contribution in [-0.2, 0) is 32.6 Å². The summed E-state index contributed by atoms with van der Waals surface area (Å²) in [5.41, 5.74) is 4.51. The molecule has 0 radical (unpaired) electrons. The summed E-state index contributed by atoms with van der Waals surface area (Å²) in [5, 5.41) is 2.74. The molecule has 0 aliphatic carbocycles. The summed E-state index contributed by atoms with van der Waals surface area (Å²) in [6.07, 6.45) is 1.21. The van der Waals surface area contributed by atoms with Crippen molar-refractivity contribution in [1.82, 2.24) is 4.90 Å². The first kappa shape index (κ1) is 21.8. The van der Waals surface area contributed by atoms with Gasteiger partial charge in [-0.25, -0.2) is 8.42 Å². The van der Waals surface area contributed by atoms with Gasteiger partial charge in [0.2, 0.25) is 11.8 Å². The molecule has 30 heavy (non-hydrogen) atoms. The maximum atomic E-state index is 13.0. The summed E-state index contributed by atoms with van der Waals surface area (Å²) in [5.74, 6) is -0.114. The van der Waals surface area contributed by atoms with Gasteiger partial charge in [-0.15, -0.1) is 0 Å². The van der Waals surface area contributed by atoms with Gasteiger partial charge in [-0.3, -0.25) is 14.3 Å². The summed E-state index contributed by atoms with van der Waals surface area (Å²) >= 11 is 0. The van der Waals surface area contributed by atoms with Gasteiger partial charge in [0.05, 0.1) is 4.90 Å². The van der Waals surface area contributed by atoms with E-state index in [1.54, 1.807) is 43.0 Å². The minimum absolute atomic E-state index is 0.0943. The van der Waals surface area contributed by atoms with E-state index >= 15 is 0 Å². The third-order valence-corrected chi connectivity index (χ3v) is 6.60. The number of hydrogen-bond acceptors (Lipinski definition) is 4. The minimum atomic E-state index is -3.81. The van der Waals surface area contributed by atoms with Crippen molar-refractivity contribution in [3.05, 3.63) is 52.6 Å². The fourth-order valence-electron chi connectivity index (χ4n) is 3.72. The SMILES string of the molecule is CCC(=O)N1CCc2ccc(NS(=O)(=O)c3cc(C)c(NC(C)=O)c(C)c3)cc2C1. The zero-order valence-electron chi connectivity index (χ0n) is 17.7. The quantitative estimate of drug-likeness (QED) is 0.762. The summed E-state index contributed by atoms with van der Waals surface area (Å²) in [6.45, 7) is 7.94. The molecule has 1 heterocycles. The van der Waals surface area contributed by atoms with Gasteiger partial charge in [0.1, 0.15) is 0 Å². The molecular formula is C22H27N3O4S. The molecule has 0 unspecified atom stereocenters. The highest BCUT2D eigenvalue weighted by Gasteiger charge is 2.22. The van der Waals surface area contributed by atoms with Crippen molar-refractivity contribution in [2.45, 2.75) is 52.0 Å². The Kier molecular flexibility index (Phi) is 6.17. The van der Waals surface area contributed by atoms with Crippen LogP contribution in [0, 0.1) is 13.8 Å². The van der Waals surface area contributed by atoms with Gasteiger partial charge in [0.25, 0.3) is 10.0 Å². The molecule has 0 saturated carbocycles. The van der Waals surface area contributed by atoms with E-state index in [4.69, 9.17) is 0 Å². The normalized spacial score (nSPS) is 13.5. The molecule has 2 aromatic rings. The van der Waals surface area contributed by atoms with Gasteiger partial charge in [-0.2, -0.15) is 0 Å². The van der Waals surface area contributed by atoms with E-state index in [-0.39, 0.29) is 16.7 Å². The number of nitrogens with zero attached hydrogens (tertiary/aromatic N) is 1. The maximum Gasteiger partial charge on any atom is 0.261 e. The molecule has 0 saturated heterocycles. The topological polar surface area (TPSA) is 95.6 Å². The number of aryl methyl sites for hydroxylation is 2. The zero-order valence-corrected chi connectivity index (χ0v) is 18.5. The lowest BCUT2D eigenvalue weighted by atomic mass is 9.99. The van der Waals surface area contributed by atoms with E-state index in [0.29, 0.717) is 42.0 Å². The number of nitrogens with one attached hydrogen (secondary N) is 2. The maximum absolute atomic E-state index is 13.0. The van der Waals surface area contributed by atoms with Gasteiger partial charge in [0.15, 0.2) is 0 Å². The van der Waals surface area contributed by atoms with E-state index in [0.717, 1.165) is 17.5 Å². The lowest BCUT2D eigenvalue weighted by molar-refractivity contribution is -0.131. The molecule has 2 aromatic carbocycles. The number of hydrogen-bond donors (Lipinski definition) is 2. The molecule has 7 nitrogen and oxygen atoms in total. The second-order valence-electron chi connectivity index (χ2n) is 7.62. The Morgan fingerprint density at radius 1 is 1.07 bits per heavy atom. The van der Waals surface area contributed by atoms with Crippen molar-refractivity contribution in [3.8, 4) is 0 Å². The molecule has 1 aliphatic rings. The number of carbonyl (C=O) groups is 2. The number of sulfonamides is 1. The molecule has 8 heteroatoms. The first-order chi connectivity index (χ1) is 14.1. The second kappa shape index (κ2) is 8.47. The Labute approximate surface area is 177 Å². The molecule has 0 spiro atoms. The van der Waals surface area contributed by atoms with Gasteiger partial charge in [-0.1, -0.05) is 13.0 Å². The van der Waals surface area contributed by atoms with E-state index in [1.165, 1.54) is 6.92 Å². The fraction of sp³-hybridized carbons (Fsp3) is 0.364. The Hall–Kier alpha value is -2.87. The molecule has 2 amide bonds. The Morgan fingerprint density at radius 2 is 1.73 bits per heavy atom. The largest absolute Gasteiger partial charge is 0.338 e. The number of carbonyl (C=O) groups excluding carboxylic acids is 2. The van der Waals surface area contributed by atoms with Crippen LogP contribution < -0.4 is 10.0 Å². The average Bonchev–Trinajstić information content (AvgIpc) is 2.68. The Morgan fingerprint density at radius 3 is 2.33 bits per heavy atom. The fourth-order valence-corrected chi connectivity index (χ4v) is 4.94. The monoisotopic (exact) mass is 429 g/mol. The molecule has 3 rings (SSSR count). The molecule has 0 bridgehead atoms. The van der Waals surface area contributed by atoms with Gasteiger partial charge < -0.3 is 10.2 Å². The van der Waals surface area contributed by atoms with E-state index in [1.807, 2.05) is 13.0 Å². The number of amides is 2. The summed E-state index contributed by atoms with van der Waals surface area (Å²) in [4.78, 5) is 25.3. The lowest BCUT2D eigenvalue weighted by Gasteiger charge is -2.29. The van der Waals surface area contributed by atoms with E-state index in [2.05, 4.69) is 10.0 Å². The van der Waals surface area contributed by atoms with Crippen LogP contribution in [0.1, 0.15) is 42.5 Å². The third kappa shape index (κ3) is 4.64. The van der Waals surface area contributed by atoms with Gasteiger partial charge in [-0.05, 0) is 66.8 Å². The summed E-state index contributed by atoms with van der Waals surface area (Å²) in [7, 11) is -3.81. The number of rotatable bonds is 5. The van der Waals surface area contributed by atoms with Crippen molar-refractivity contribution in [2.75, 3.05) is 16.6 Å². The van der Waals surface area contributed by atoms with Crippen molar-refractivity contribution in [2.24, 2.45) is 0 Å². The highest BCUT2D eigenvalue weighted by Crippen LogP contribution is 2.28. The number of anilines is 2. The van der Waals surface area contributed by atoms with Crippen LogP contribution in [-0.4, -0.2) is 31.7 Å². The summed E-state index contributed by atoms with van der Waals surface area (Å²) in [6, 6.07) is 8.55. The standard InChI is InChI=1S/C22H27N3O4S/c1-5-21(27)25-9-8-17-6-7-19(12-18(17)13-25)24-30(28,29)20-10-14(2)22(15(3)11-20)23-16(4)26/h6-7,10-12,24H,5,8-9,13H2,1-4H3,(H,23,26). The van der Waals surface area contributed by atoms with Crippen molar-refractivity contribution in [1.29, 1.82) is 0 Å². The summed E-state index contributed by atoms with van der Waals surface area (Å²) < 4.78 is 28.6. The molecule has 160 valence electrons.